The quantitative estimate of drug-likeness (QED) is 0.219. The van der Waals surface area contributed by atoms with Gasteiger partial charge in [-0.25, -0.2) is 0 Å². The zero-order chi connectivity index (χ0) is 22.0. The number of hydrogen-bond acceptors (Lipinski definition) is 12. The number of rotatable bonds is 6. The first kappa shape index (κ1) is 23.1. The summed E-state index contributed by atoms with van der Waals surface area (Å²) in [5.74, 6) is 0.211. The lowest BCUT2D eigenvalue weighted by atomic mass is 9.97. The summed E-state index contributed by atoms with van der Waals surface area (Å²) in [6.07, 6.45) is -15.2. The van der Waals surface area contributed by atoms with Crippen molar-refractivity contribution in [1.82, 2.24) is 0 Å². The van der Waals surface area contributed by atoms with E-state index in [0.29, 0.717) is 0 Å². The molecule has 0 saturated carbocycles. The predicted octanol–water partition coefficient (Wildman–Crippen LogP) is -3.60. The molecule has 3 rings (SSSR count). The second-order valence-corrected chi connectivity index (χ2v) is 7.12. The fraction of sp³-hybridized carbons (Fsp3) is 0.667. The minimum Gasteiger partial charge on any atom is -0.508 e. The molecule has 12 nitrogen and oxygen atoms in total. The van der Waals surface area contributed by atoms with Crippen molar-refractivity contribution in [3.05, 3.63) is 24.3 Å². The summed E-state index contributed by atoms with van der Waals surface area (Å²) in [6.45, 7) is -1.34. The van der Waals surface area contributed by atoms with Crippen molar-refractivity contribution in [3.63, 3.8) is 0 Å². The molecular formula is C18H26O12. The summed E-state index contributed by atoms with van der Waals surface area (Å²) in [4.78, 5) is 0. The van der Waals surface area contributed by atoms with Crippen molar-refractivity contribution in [2.75, 3.05) is 13.2 Å². The fourth-order valence-corrected chi connectivity index (χ4v) is 3.31. The van der Waals surface area contributed by atoms with Crippen LogP contribution in [0.1, 0.15) is 0 Å². The normalized spacial score (nSPS) is 42.1. The molecule has 1 aromatic rings. The van der Waals surface area contributed by atoms with Crippen LogP contribution in [0.2, 0.25) is 0 Å². The molecule has 0 radical (unpaired) electrons. The van der Waals surface area contributed by atoms with Crippen LogP contribution < -0.4 is 4.74 Å². The van der Waals surface area contributed by atoms with Gasteiger partial charge in [0.15, 0.2) is 6.29 Å². The zero-order valence-corrected chi connectivity index (χ0v) is 15.7. The Hall–Kier alpha value is -1.58. The fourth-order valence-electron chi connectivity index (χ4n) is 3.31. The van der Waals surface area contributed by atoms with Crippen molar-refractivity contribution < 1.29 is 59.8 Å². The van der Waals surface area contributed by atoms with Crippen LogP contribution in [0.3, 0.4) is 0 Å². The van der Waals surface area contributed by atoms with E-state index in [-0.39, 0.29) is 11.5 Å². The van der Waals surface area contributed by atoms with Gasteiger partial charge in [0, 0.05) is 0 Å². The molecule has 8 N–H and O–H groups in total. The van der Waals surface area contributed by atoms with E-state index in [1.165, 1.54) is 24.3 Å². The maximum absolute atomic E-state index is 10.5. The van der Waals surface area contributed by atoms with E-state index in [4.69, 9.17) is 18.9 Å². The highest BCUT2D eigenvalue weighted by atomic mass is 16.7. The molecule has 1 aromatic carbocycles. The average molecular weight is 434 g/mol. The molecule has 0 aromatic heterocycles. The van der Waals surface area contributed by atoms with E-state index >= 15 is 0 Å². The van der Waals surface area contributed by atoms with Crippen LogP contribution in [0.25, 0.3) is 0 Å². The van der Waals surface area contributed by atoms with E-state index in [0.717, 1.165) is 0 Å². The smallest absolute Gasteiger partial charge is 0.229 e. The highest BCUT2D eigenvalue weighted by Gasteiger charge is 2.51. The Kier molecular flexibility index (Phi) is 7.47. The monoisotopic (exact) mass is 434 g/mol. The van der Waals surface area contributed by atoms with Crippen LogP contribution >= 0.6 is 0 Å². The van der Waals surface area contributed by atoms with Crippen LogP contribution in [-0.4, -0.2) is 115 Å². The number of phenolic OH excluding ortho intramolecular Hbond substituents is 1. The minimum absolute atomic E-state index is 0.00581. The maximum Gasteiger partial charge on any atom is 0.229 e. The molecule has 2 fully saturated rings. The standard InChI is InChI=1S/C18H26O12/c19-5-9-11(22)12(23)14(25)18(28-9)30-16-10(6-20)29-17(15(26)13(16)24)27-8-3-1-7(21)2-4-8/h1-4,9-26H,5-6H2/t9-,10-,11-,12+,13-,14-,15-,16-,17+,18+/m1/s1. The van der Waals surface area contributed by atoms with Crippen molar-refractivity contribution >= 4 is 0 Å². The molecule has 10 atom stereocenters. The number of ether oxygens (including phenoxy) is 4. The summed E-state index contributed by atoms with van der Waals surface area (Å²) in [5.41, 5.74) is 0. The lowest BCUT2D eigenvalue weighted by molar-refractivity contribution is -0.352. The van der Waals surface area contributed by atoms with Crippen molar-refractivity contribution in [3.8, 4) is 11.5 Å². The maximum atomic E-state index is 10.5. The number of phenols is 1. The van der Waals surface area contributed by atoms with E-state index in [2.05, 4.69) is 0 Å². The lowest BCUT2D eigenvalue weighted by Gasteiger charge is -2.45. The number of benzene rings is 1. The van der Waals surface area contributed by atoms with Crippen molar-refractivity contribution in [2.45, 2.75) is 61.4 Å². The molecule has 2 saturated heterocycles. The van der Waals surface area contributed by atoms with Gasteiger partial charge < -0.3 is 59.8 Å². The SMILES string of the molecule is OC[C@H]1O[C@@H](O[C@H]2[C@H](O)[C@@H](O)[C@@H](Oc3ccc(O)cc3)O[C@@H]2CO)[C@H](O)[C@@H](O)[C@@H]1O. The van der Waals surface area contributed by atoms with Crippen LogP contribution in [0.15, 0.2) is 24.3 Å². The van der Waals surface area contributed by atoms with Gasteiger partial charge >= 0.3 is 0 Å². The van der Waals surface area contributed by atoms with Gasteiger partial charge in [-0.15, -0.1) is 0 Å². The Morgan fingerprint density at radius 3 is 1.87 bits per heavy atom. The summed E-state index contributed by atoms with van der Waals surface area (Å²) in [6, 6.07) is 5.50. The third kappa shape index (κ3) is 4.68. The molecule has 0 unspecified atom stereocenters. The molecule has 2 aliphatic rings. The van der Waals surface area contributed by atoms with Crippen molar-refractivity contribution in [1.29, 1.82) is 0 Å². The lowest BCUT2D eigenvalue weighted by Crippen LogP contribution is -2.65. The zero-order valence-electron chi connectivity index (χ0n) is 15.7. The molecule has 0 aliphatic carbocycles. The van der Waals surface area contributed by atoms with Gasteiger partial charge in [0.25, 0.3) is 0 Å². The van der Waals surface area contributed by atoms with Gasteiger partial charge in [0.05, 0.1) is 13.2 Å². The van der Waals surface area contributed by atoms with E-state index in [1.54, 1.807) is 0 Å². The topological polar surface area (TPSA) is 199 Å². The largest absolute Gasteiger partial charge is 0.508 e. The van der Waals surface area contributed by atoms with Gasteiger partial charge in [-0.1, -0.05) is 0 Å². The summed E-state index contributed by atoms with van der Waals surface area (Å²) >= 11 is 0. The summed E-state index contributed by atoms with van der Waals surface area (Å²) < 4.78 is 21.6. The minimum atomic E-state index is -1.74. The third-order valence-corrected chi connectivity index (χ3v) is 5.05. The molecule has 0 amide bonds. The van der Waals surface area contributed by atoms with Crippen LogP contribution in [-0.2, 0) is 14.2 Å². The Balaban J connectivity index is 1.71. The molecular weight excluding hydrogens is 408 g/mol. The Morgan fingerprint density at radius 1 is 0.700 bits per heavy atom. The van der Waals surface area contributed by atoms with Crippen LogP contribution in [0.5, 0.6) is 11.5 Å². The van der Waals surface area contributed by atoms with Gasteiger partial charge in [-0.2, -0.15) is 0 Å². The van der Waals surface area contributed by atoms with E-state index < -0.39 is 74.6 Å². The number of aliphatic hydroxyl groups excluding tert-OH is 7. The Bertz CT molecular complexity index is 668. The van der Waals surface area contributed by atoms with Gasteiger partial charge in [-0.3, -0.25) is 0 Å². The third-order valence-electron chi connectivity index (χ3n) is 5.05. The second-order valence-electron chi connectivity index (χ2n) is 7.12. The number of hydrogen-bond donors (Lipinski definition) is 8. The highest BCUT2D eigenvalue weighted by Crippen LogP contribution is 2.30. The highest BCUT2D eigenvalue weighted by molar-refractivity contribution is 5.30. The first-order valence-corrected chi connectivity index (χ1v) is 9.31. The van der Waals surface area contributed by atoms with Crippen LogP contribution in [0, 0.1) is 0 Å². The Morgan fingerprint density at radius 2 is 1.27 bits per heavy atom. The molecule has 30 heavy (non-hydrogen) atoms. The van der Waals surface area contributed by atoms with E-state index in [1.807, 2.05) is 0 Å². The molecule has 170 valence electrons. The first-order valence-electron chi connectivity index (χ1n) is 9.31. The summed E-state index contributed by atoms with van der Waals surface area (Å²) in [5, 5.41) is 78.9. The van der Waals surface area contributed by atoms with Gasteiger partial charge in [-0.05, 0) is 24.3 Å². The number of aromatic hydroxyl groups is 1. The molecule has 0 spiro atoms. The molecule has 0 bridgehead atoms. The van der Waals surface area contributed by atoms with E-state index in [9.17, 15) is 40.9 Å². The molecule has 12 heteroatoms. The molecule has 2 heterocycles. The van der Waals surface area contributed by atoms with Gasteiger partial charge in [0.2, 0.25) is 6.29 Å². The Labute approximate surface area is 171 Å². The summed E-state index contributed by atoms with van der Waals surface area (Å²) in [7, 11) is 0. The predicted molar refractivity (Wildman–Crippen MR) is 95.1 cm³/mol. The van der Waals surface area contributed by atoms with Gasteiger partial charge in [0.1, 0.15) is 60.3 Å². The molecule has 2 aliphatic heterocycles. The van der Waals surface area contributed by atoms with Crippen LogP contribution in [0.4, 0.5) is 0 Å². The van der Waals surface area contributed by atoms with Crippen molar-refractivity contribution in [2.24, 2.45) is 0 Å². The average Bonchev–Trinajstić information content (AvgIpc) is 2.74. The number of aliphatic hydroxyl groups is 7. The first-order chi connectivity index (χ1) is 14.3. The second kappa shape index (κ2) is 9.70.